The summed E-state index contributed by atoms with van der Waals surface area (Å²) in [5.41, 5.74) is 1.92. The van der Waals surface area contributed by atoms with Crippen molar-refractivity contribution in [2.75, 3.05) is 13.2 Å². The number of H-pyrrole nitrogens is 1. The molecule has 3 heterocycles. The Balaban J connectivity index is 1.50. The molecule has 0 fully saturated rings. The molecule has 0 saturated carbocycles. The van der Waals surface area contributed by atoms with E-state index < -0.39 is 0 Å². The van der Waals surface area contributed by atoms with Gasteiger partial charge in [-0.3, -0.25) is 4.98 Å². The van der Waals surface area contributed by atoms with Gasteiger partial charge in [0.15, 0.2) is 0 Å². The van der Waals surface area contributed by atoms with E-state index in [1.165, 1.54) is 0 Å². The van der Waals surface area contributed by atoms with E-state index in [0.717, 1.165) is 28.4 Å². The molecule has 2 N–H and O–H groups in total. The van der Waals surface area contributed by atoms with E-state index in [4.69, 9.17) is 14.6 Å². The molecule has 1 atom stereocenters. The van der Waals surface area contributed by atoms with Crippen LogP contribution in [0.15, 0.2) is 48.8 Å². The van der Waals surface area contributed by atoms with Gasteiger partial charge in [-0.25, -0.2) is 4.98 Å². The van der Waals surface area contributed by atoms with Crippen molar-refractivity contribution in [3.8, 4) is 23.0 Å². The fraction of sp³-hybridized carbons (Fsp3) is 0.200. The zero-order valence-corrected chi connectivity index (χ0v) is 14.1. The van der Waals surface area contributed by atoms with Crippen LogP contribution in [0.4, 0.5) is 0 Å². The van der Waals surface area contributed by atoms with Crippen molar-refractivity contribution in [3.05, 3.63) is 59.4 Å². The Labute approximate surface area is 150 Å². The average molecular weight is 349 g/mol. The van der Waals surface area contributed by atoms with Crippen molar-refractivity contribution in [2.45, 2.75) is 12.5 Å². The van der Waals surface area contributed by atoms with Crippen LogP contribution in [0, 0.1) is 0 Å². The number of aromatic nitrogens is 3. The molecule has 26 heavy (non-hydrogen) atoms. The predicted octanol–water partition coefficient (Wildman–Crippen LogP) is 1.26. The lowest BCUT2D eigenvalue weighted by Crippen LogP contribution is -2.31. The smallest absolute Gasteiger partial charge is 0.213 e. The van der Waals surface area contributed by atoms with Gasteiger partial charge in [0.1, 0.15) is 18.5 Å². The lowest BCUT2D eigenvalue weighted by molar-refractivity contribution is 0.196. The molecule has 0 saturated heterocycles. The Bertz CT molecular complexity index is 981. The topological polar surface area (TPSA) is 80.3 Å². The Morgan fingerprint density at radius 2 is 2.15 bits per heavy atom. The molecule has 0 amide bonds. The third-order valence-corrected chi connectivity index (χ3v) is 4.08. The number of rotatable bonds is 6. The Morgan fingerprint density at radius 1 is 1.19 bits per heavy atom. The number of aromatic amines is 1. The van der Waals surface area contributed by atoms with Crippen LogP contribution in [0.5, 0.6) is 11.6 Å². The van der Waals surface area contributed by atoms with Crippen LogP contribution in [-0.4, -0.2) is 39.4 Å². The number of nitrogens with zero attached hydrogens (tertiary/aromatic N) is 2. The van der Waals surface area contributed by atoms with E-state index in [1.807, 2.05) is 24.3 Å². The maximum absolute atomic E-state index is 8.76. The summed E-state index contributed by atoms with van der Waals surface area (Å²) in [6, 6.07) is 11.5. The number of hydrogen-bond acceptors (Lipinski definition) is 5. The van der Waals surface area contributed by atoms with Gasteiger partial charge in [0.05, 0.1) is 24.2 Å². The first-order valence-corrected chi connectivity index (χ1v) is 8.51. The lowest BCUT2D eigenvalue weighted by atomic mass is 10.1. The highest BCUT2D eigenvalue weighted by atomic mass is 16.5. The van der Waals surface area contributed by atoms with Crippen molar-refractivity contribution in [1.29, 1.82) is 0 Å². The van der Waals surface area contributed by atoms with E-state index in [1.54, 1.807) is 18.5 Å². The standard InChI is InChI=1S/C20H19N3O3/c24-9-10-25-20-7-5-16(13-22-20)26-15-4-6-17-14(11-15)12-19(23-17)18-3-1-2-8-21-18/h1-3,5-8,11-13,15,23-24H,4,9-10H2. The highest BCUT2D eigenvalue weighted by Crippen LogP contribution is 2.18. The largest absolute Gasteiger partial charge is 0.484 e. The highest BCUT2D eigenvalue weighted by molar-refractivity contribution is 5.57. The van der Waals surface area contributed by atoms with Crippen LogP contribution in [0.3, 0.4) is 0 Å². The zero-order valence-electron chi connectivity index (χ0n) is 14.1. The predicted molar refractivity (Wildman–Crippen MR) is 98.1 cm³/mol. The molecule has 0 radical (unpaired) electrons. The molecule has 3 aromatic rings. The van der Waals surface area contributed by atoms with E-state index in [9.17, 15) is 0 Å². The second-order valence-corrected chi connectivity index (χ2v) is 5.93. The van der Waals surface area contributed by atoms with Gasteiger partial charge >= 0.3 is 0 Å². The van der Waals surface area contributed by atoms with Gasteiger partial charge in [-0.1, -0.05) is 12.1 Å². The Hall–Kier alpha value is -3.12. The summed E-state index contributed by atoms with van der Waals surface area (Å²) in [5, 5.41) is 11.0. The number of pyridine rings is 2. The summed E-state index contributed by atoms with van der Waals surface area (Å²) in [4.78, 5) is 12.0. The first kappa shape index (κ1) is 16.4. The van der Waals surface area contributed by atoms with E-state index in [2.05, 4.69) is 33.2 Å². The van der Waals surface area contributed by atoms with Gasteiger partial charge in [0.2, 0.25) is 5.88 Å². The molecule has 1 aliphatic carbocycles. The van der Waals surface area contributed by atoms with Crippen LogP contribution < -0.4 is 20.0 Å². The molecule has 3 aromatic heterocycles. The van der Waals surface area contributed by atoms with Gasteiger partial charge < -0.3 is 19.6 Å². The minimum Gasteiger partial charge on any atom is -0.484 e. The van der Waals surface area contributed by atoms with Crippen molar-refractivity contribution in [1.82, 2.24) is 15.0 Å². The molecular weight excluding hydrogens is 330 g/mol. The molecule has 6 nitrogen and oxygen atoms in total. The Morgan fingerprint density at radius 3 is 2.92 bits per heavy atom. The SMILES string of the molecule is OCCOc1ccc(OC2C=c3cc(-c4ccccn4)[nH]c3=CC2)cn1. The quantitative estimate of drug-likeness (QED) is 0.700. The molecule has 1 unspecified atom stereocenters. The second-order valence-electron chi connectivity index (χ2n) is 5.93. The fourth-order valence-corrected chi connectivity index (χ4v) is 2.88. The van der Waals surface area contributed by atoms with Gasteiger partial charge in [0, 0.05) is 24.0 Å². The number of ether oxygens (including phenoxy) is 2. The van der Waals surface area contributed by atoms with Gasteiger partial charge in [-0.15, -0.1) is 0 Å². The van der Waals surface area contributed by atoms with Crippen molar-refractivity contribution in [2.24, 2.45) is 0 Å². The maximum atomic E-state index is 8.76. The first-order valence-electron chi connectivity index (χ1n) is 8.51. The minimum absolute atomic E-state index is 0.0354. The average Bonchev–Trinajstić information content (AvgIpc) is 3.12. The third-order valence-electron chi connectivity index (χ3n) is 4.08. The molecule has 132 valence electrons. The van der Waals surface area contributed by atoms with Crippen LogP contribution in [-0.2, 0) is 0 Å². The maximum Gasteiger partial charge on any atom is 0.213 e. The fourth-order valence-electron chi connectivity index (χ4n) is 2.88. The van der Waals surface area contributed by atoms with Crippen molar-refractivity contribution < 1.29 is 14.6 Å². The van der Waals surface area contributed by atoms with E-state index in [-0.39, 0.29) is 19.3 Å². The van der Waals surface area contributed by atoms with E-state index in [0.29, 0.717) is 11.6 Å². The number of nitrogens with one attached hydrogen (secondary N) is 1. The van der Waals surface area contributed by atoms with Crippen LogP contribution in [0.25, 0.3) is 23.5 Å². The number of aliphatic hydroxyl groups is 1. The molecule has 4 rings (SSSR count). The zero-order chi connectivity index (χ0) is 17.8. The Kier molecular flexibility index (Phi) is 4.66. The molecule has 0 aromatic carbocycles. The second kappa shape index (κ2) is 7.41. The first-order chi connectivity index (χ1) is 12.8. The number of fused-ring (bicyclic) bond motifs is 1. The summed E-state index contributed by atoms with van der Waals surface area (Å²) in [5.74, 6) is 1.15. The molecular formula is C20H19N3O3. The highest BCUT2D eigenvalue weighted by Gasteiger charge is 2.12. The van der Waals surface area contributed by atoms with Gasteiger partial charge in [0.25, 0.3) is 0 Å². The molecule has 6 heteroatoms. The number of hydrogen-bond donors (Lipinski definition) is 2. The molecule has 0 bridgehead atoms. The summed E-state index contributed by atoms with van der Waals surface area (Å²) in [7, 11) is 0. The van der Waals surface area contributed by atoms with Gasteiger partial charge in [-0.2, -0.15) is 0 Å². The molecule has 0 spiro atoms. The summed E-state index contributed by atoms with van der Waals surface area (Å²) in [6.07, 6.45) is 8.38. The summed E-state index contributed by atoms with van der Waals surface area (Å²) in [6.45, 7) is 0.194. The minimum atomic E-state index is -0.0547. The van der Waals surface area contributed by atoms with E-state index >= 15 is 0 Å². The van der Waals surface area contributed by atoms with Crippen LogP contribution >= 0.6 is 0 Å². The summed E-state index contributed by atoms with van der Waals surface area (Å²) >= 11 is 0. The molecule has 0 aliphatic heterocycles. The van der Waals surface area contributed by atoms with Crippen molar-refractivity contribution >= 4 is 12.2 Å². The monoisotopic (exact) mass is 349 g/mol. The summed E-state index contributed by atoms with van der Waals surface area (Å²) < 4.78 is 11.3. The van der Waals surface area contributed by atoms with Crippen LogP contribution in [0.1, 0.15) is 6.42 Å². The third kappa shape index (κ3) is 3.60. The molecule has 1 aliphatic rings. The normalized spacial score (nSPS) is 15.5. The number of aliphatic hydroxyl groups excluding tert-OH is 1. The lowest BCUT2D eigenvalue weighted by Gasteiger charge is -2.15. The van der Waals surface area contributed by atoms with Crippen molar-refractivity contribution in [3.63, 3.8) is 0 Å². The van der Waals surface area contributed by atoms with Gasteiger partial charge in [-0.05, 0) is 35.6 Å². The van der Waals surface area contributed by atoms with Crippen LogP contribution in [0.2, 0.25) is 0 Å².